The number of amides is 1. The molecule has 0 unspecified atom stereocenters. The molecule has 0 spiro atoms. The number of carbonyl (C=O) groups is 4. The maximum Gasteiger partial charge on any atom is 0.305 e. The van der Waals surface area contributed by atoms with Crippen LogP contribution in [0.5, 0.6) is 0 Å². The van der Waals surface area contributed by atoms with Crippen LogP contribution in [0.4, 0.5) is 0 Å². The highest BCUT2D eigenvalue weighted by atomic mass is 16.7. The van der Waals surface area contributed by atoms with Crippen molar-refractivity contribution >= 4 is 23.8 Å². The molecule has 1 aliphatic rings. The predicted molar refractivity (Wildman–Crippen MR) is 85.8 cm³/mol. The topological polar surface area (TPSA) is 137 Å². The van der Waals surface area contributed by atoms with Gasteiger partial charge in [0.25, 0.3) is 0 Å². The van der Waals surface area contributed by atoms with Crippen LogP contribution < -0.4 is 5.32 Å². The average Bonchev–Trinajstić information content (AvgIpc) is 2.50. The highest BCUT2D eigenvalue weighted by molar-refractivity contribution is 5.73. The number of carboxylic acids is 1. The van der Waals surface area contributed by atoms with Gasteiger partial charge in [-0.15, -0.1) is 0 Å². The van der Waals surface area contributed by atoms with Crippen molar-refractivity contribution in [2.45, 2.75) is 58.7 Å². The fourth-order valence-electron chi connectivity index (χ4n) is 2.63. The number of esters is 2. The Hall–Kier alpha value is -2.20. The molecule has 148 valence electrons. The molecule has 0 aromatic carbocycles. The number of nitrogens with one attached hydrogen (secondary N) is 1. The van der Waals surface area contributed by atoms with Gasteiger partial charge in [0, 0.05) is 26.7 Å². The molecule has 10 nitrogen and oxygen atoms in total. The van der Waals surface area contributed by atoms with Crippen LogP contribution in [0.1, 0.15) is 34.1 Å². The number of carbonyl (C=O) groups excluding carboxylic acids is 3. The van der Waals surface area contributed by atoms with Crippen LogP contribution in [0.2, 0.25) is 0 Å². The van der Waals surface area contributed by atoms with Crippen molar-refractivity contribution in [3.8, 4) is 0 Å². The van der Waals surface area contributed by atoms with Crippen LogP contribution in [0.25, 0.3) is 0 Å². The van der Waals surface area contributed by atoms with Gasteiger partial charge < -0.3 is 29.4 Å². The Bertz CT molecular complexity index is 520. The molecule has 1 fully saturated rings. The van der Waals surface area contributed by atoms with E-state index in [1.807, 2.05) is 0 Å². The molecule has 1 rings (SSSR count). The minimum absolute atomic E-state index is 0.0974. The molecule has 2 N–H and O–H groups in total. The molecular formula is C16H25NO9. The van der Waals surface area contributed by atoms with Gasteiger partial charge in [0.05, 0.1) is 13.0 Å². The third-order valence-corrected chi connectivity index (χ3v) is 3.78. The van der Waals surface area contributed by atoms with Crippen molar-refractivity contribution in [3.05, 3.63) is 0 Å². The van der Waals surface area contributed by atoms with Crippen molar-refractivity contribution in [1.29, 1.82) is 0 Å². The second-order valence-electron chi connectivity index (χ2n) is 6.02. The summed E-state index contributed by atoms with van der Waals surface area (Å²) < 4.78 is 21.5. The molecular weight excluding hydrogens is 350 g/mol. The SMILES string of the molecule is CC(=O)N[C@H]1[C@H](OCCC(=O)O)O[C@H](COC(C)=O)[C@H](C)[C@@H]1OC(C)=O. The van der Waals surface area contributed by atoms with E-state index < -0.39 is 54.3 Å². The van der Waals surface area contributed by atoms with E-state index in [0.29, 0.717) is 0 Å². The fraction of sp³-hybridized carbons (Fsp3) is 0.750. The lowest BCUT2D eigenvalue weighted by molar-refractivity contribution is -0.259. The van der Waals surface area contributed by atoms with E-state index in [4.69, 9.17) is 24.1 Å². The Morgan fingerprint density at radius 1 is 1.12 bits per heavy atom. The summed E-state index contributed by atoms with van der Waals surface area (Å²) in [4.78, 5) is 44.8. The van der Waals surface area contributed by atoms with Gasteiger partial charge in [-0.3, -0.25) is 19.2 Å². The van der Waals surface area contributed by atoms with E-state index in [2.05, 4.69) is 5.32 Å². The highest BCUT2D eigenvalue weighted by Gasteiger charge is 2.47. The number of aliphatic carboxylic acids is 1. The summed E-state index contributed by atoms with van der Waals surface area (Å²) in [6.45, 7) is 5.22. The van der Waals surface area contributed by atoms with Crippen LogP contribution in [0.3, 0.4) is 0 Å². The maximum atomic E-state index is 11.5. The van der Waals surface area contributed by atoms with E-state index in [0.717, 1.165) is 0 Å². The van der Waals surface area contributed by atoms with E-state index in [9.17, 15) is 19.2 Å². The summed E-state index contributed by atoms with van der Waals surface area (Å²) >= 11 is 0. The van der Waals surface area contributed by atoms with E-state index >= 15 is 0 Å². The van der Waals surface area contributed by atoms with E-state index in [1.165, 1.54) is 20.8 Å². The first-order chi connectivity index (χ1) is 12.1. The average molecular weight is 375 g/mol. The van der Waals surface area contributed by atoms with Crippen molar-refractivity contribution in [3.63, 3.8) is 0 Å². The molecule has 0 radical (unpaired) electrons. The Labute approximate surface area is 151 Å². The minimum Gasteiger partial charge on any atom is -0.481 e. The molecule has 0 aromatic heterocycles. The highest BCUT2D eigenvalue weighted by Crippen LogP contribution is 2.29. The normalized spacial score (nSPS) is 28.1. The number of rotatable bonds is 8. The monoisotopic (exact) mass is 375 g/mol. The number of ether oxygens (including phenoxy) is 4. The molecule has 0 saturated carbocycles. The third kappa shape index (κ3) is 6.96. The first kappa shape index (κ1) is 21.8. The van der Waals surface area contributed by atoms with Gasteiger partial charge in [-0.1, -0.05) is 6.92 Å². The first-order valence-corrected chi connectivity index (χ1v) is 8.18. The van der Waals surface area contributed by atoms with Crippen LogP contribution in [-0.4, -0.2) is 66.7 Å². The standard InChI is InChI=1S/C16H25NO9/c1-8-12(7-24-10(3)19)26-16(23-6-5-13(21)22)14(17-9(2)18)15(8)25-11(4)20/h8,12,14-16H,5-7H2,1-4H3,(H,17,18)(H,21,22)/t8-,12+,14+,15-,16+/m0/s1. The Balaban J connectivity index is 3.00. The second kappa shape index (κ2) is 10.1. The summed E-state index contributed by atoms with van der Waals surface area (Å²) in [7, 11) is 0. The zero-order valence-corrected chi connectivity index (χ0v) is 15.2. The molecule has 1 saturated heterocycles. The van der Waals surface area contributed by atoms with Crippen molar-refractivity contribution in [2.75, 3.05) is 13.2 Å². The van der Waals surface area contributed by atoms with Gasteiger partial charge in [-0.25, -0.2) is 0 Å². The minimum atomic E-state index is -1.07. The molecule has 0 bridgehead atoms. The van der Waals surface area contributed by atoms with Crippen LogP contribution >= 0.6 is 0 Å². The second-order valence-corrected chi connectivity index (χ2v) is 6.02. The maximum absolute atomic E-state index is 11.5. The molecule has 10 heteroatoms. The van der Waals surface area contributed by atoms with Gasteiger partial charge in [-0.05, 0) is 0 Å². The van der Waals surface area contributed by atoms with Crippen LogP contribution in [0.15, 0.2) is 0 Å². The van der Waals surface area contributed by atoms with Crippen molar-refractivity contribution < 1.29 is 43.2 Å². The molecule has 0 aromatic rings. The number of carboxylic acid groups (broad SMARTS) is 1. The van der Waals surface area contributed by atoms with Crippen molar-refractivity contribution in [1.82, 2.24) is 5.32 Å². The first-order valence-electron chi connectivity index (χ1n) is 8.18. The summed E-state index contributed by atoms with van der Waals surface area (Å²) in [5.74, 6) is -2.94. The van der Waals surface area contributed by atoms with Crippen LogP contribution in [0, 0.1) is 5.92 Å². The number of hydrogen-bond donors (Lipinski definition) is 2. The van der Waals surface area contributed by atoms with Gasteiger partial charge >= 0.3 is 17.9 Å². The van der Waals surface area contributed by atoms with E-state index in [1.54, 1.807) is 6.92 Å². The lowest BCUT2D eigenvalue weighted by atomic mass is 9.89. The van der Waals surface area contributed by atoms with Gasteiger partial charge in [0.1, 0.15) is 24.9 Å². The fourth-order valence-corrected chi connectivity index (χ4v) is 2.63. The molecule has 1 amide bonds. The zero-order chi connectivity index (χ0) is 19.9. The number of hydrogen-bond acceptors (Lipinski definition) is 8. The molecule has 0 aliphatic carbocycles. The van der Waals surface area contributed by atoms with E-state index in [-0.39, 0.29) is 19.6 Å². The lowest BCUT2D eigenvalue weighted by Crippen LogP contribution is -2.63. The zero-order valence-electron chi connectivity index (χ0n) is 15.2. The van der Waals surface area contributed by atoms with Crippen molar-refractivity contribution in [2.24, 2.45) is 5.92 Å². The van der Waals surface area contributed by atoms with Gasteiger partial charge in [-0.2, -0.15) is 0 Å². The lowest BCUT2D eigenvalue weighted by Gasteiger charge is -2.44. The Morgan fingerprint density at radius 3 is 2.27 bits per heavy atom. The molecule has 5 atom stereocenters. The third-order valence-electron chi connectivity index (χ3n) is 3.78. The molecule has 1 aliphatic heterocycles. The summed E-state index contributed by atoms with van der Waals surface area (Å²) in [5.41, 5.74) is 0. The predicted octanol–water partition coefficient (Wildman–Crippen LogP) is -0.162. The molecule has 26 heavy (non-hydrogen) atoms. The Morgan fingerprint density at radius 2 is 1.77 bits per heavy atom. The smallest absolute Gasteiger partial charge is 0.305 e. The summed E-state index contributed by atoms with van der Waals surface area (Å²) in [6, 6.07) is -0.839. The summed E-state index contributed by atoms with van der Waals surface area (Å²) in [6.07, 6.45) is -2.81. The van der Waals surface area contributed by atoms with Crippen LogP contribution in [-0.2, 0) is 38.1 Å². The Kier molecular flexibility index (Phi) is 8.46. The van der Waals surface area contributed by atoms with Gasteiger partial charge in [0.15, 0.2) is 6.29 Å². The summed E-state index contributed by atoms with van der Waals surface area (Å²) in [5, 5.41) is 11.4. The quantitative estimate of drug-likeness (QED) is 0.554. The molecule has 1 heterocycles. The largest absolute Gasteiger partial charge is 0.481 e. The van der Waals surface area contributed by atoms with Gasteiger partial charge in [0.2, 0.25) is 5.91 Å².